The van der Waals surface area contributed by atoms with E-state index in [1.165, 1.54) is 10.7 Å². The van der Waals surface area contributed by atoms with E-state index >= 15 is 0 Å². The van der Waals surface area contributed by atoms with Crippen LogP contribution in [-0.4, -0.2) is 36.6 Å². The lowest BCUT2D eigenvalue weighted by Crippen LogP contribution is -2.30. The summed E-state index contributed by atoms with van der Waals surface area (Å²) in [5, 5.41) is 7.72. The summed E-state index contributed by atoms with van der Waals surface area (Å²) in [6, 6.07) is 9.19. The second kappa shape index (κ2) is 7.49. The fourth-order valence-corrected chi connectivity index (χ4v) is 2.91. The van der Waals surface area contributed by atoms with Crippen molar-refractivity contribution in [1.29, 1.82) is 0 Å². The zero-order valence-corrected chi connectivity index (χ0v) is 14.1. The number of aryl methyl sites for hydroxylation is 1. The number of aromatic nitrogens is 2. The van der Waals surface area contributed by atoms with Crippen molar-refractivity contribution in [3.63, 3.8) is 0 Å². The largest absolute Gasteiger partial charge is 0.494 e. The number of nitrogens with one attached hydrogen (secondary N) is 1. The molecule has 24 heavy (non-hydrogen) atoms. The number of rotatable bonds is 5. The van der Waals surface area contributed by atoms with E-state index in [1.54, 1.807) is 14.2 Å². The molecule has 3 rings (SSSR count). The summed E-state index contributed by atoms with van der Waals surface area (Å²) in [6.45, 7) is 2.78. The Morgan fingerprint density at radius 1 is 1.25 bits per heavy atom. The average molecular weight is 329 g/mol. The molecule has 128 valence electrons. The number of hydrogen-bond acceptors (Lipinski definition) is 5. The number of nitrogens with zero attached hydrogens (tertiary/aromatic N) is 2. The Bertz CT molecular complexity index is 751. The summed E-state index contributed by atoms with van der Waals surface area (Å²) in [5.74, 6) is 1.78. The van der Waals surface area contributed by atoms with Gasteiger partial charge in [0.25, 0.3) is 5.56 Å². The van der Waals surface area contributed by atoms with Gasteiger partial charge in [-0.05, 0) is 44.0 Å². The fraction of sp³-hybridized carbons (Fsp3) is 0.444. The maximum atomic E-state index is 11.8. The van der Waals surface area contributed by atoms with E-state index in [0.29, 0.717) is 24.0 Å². The van der Waals surface area contributed by atoms with Crippen molar-refractivity contribution in [2.75, 3.05) is 26.8 Å². The summed E-state index contributed by atoms with van der Waals surface area (Å²) < 4.78 is 12.7. The molecule has 1 saturated heterocycles. The molecule has 2 heterocycles. The number of ether oxygens (including phenoxy) is 2. The van der Waals surface area contributed by atoms with Gasteiger partial charge < -0.3 is 14.8 Å². The molecule has 0 saturated carbocycles. The lowest BCUT2D eigenvalue weighted by atomic mass is 9.99. The third kappa shape index (κ3) is 3.59. The van der Waals surface area contributed by atoms with Crippen LogP contribution in [0.2, 0.25) is 0 Å². The standard InChI is InChI=1S/C18H23N3O3/c1-21-17(22)11-16(23-2)18(20-21)14-5-3-4-6-15(14)24-12-13-7-9-19-10-8-13/h3-6,11,13,19H,7-10,12H2,1-2H3. The highest BCUT2D eigenvalue weighted by Gasteiger charge is 2.17. The van der Waals surface area contributed by atoms with E-state index in [0.717, 1.165) is 37.2 Å². The van der Waals surface area contributed by atoms with E-state index in [2.05, 4.69) is 10.4 Å². The van der Waals surface area contributed by atoms with Crippen LogP contribution in [0.3, 0.4) is 0 Å². The van der Waals surface area contributed by atoms with E-state index < -0.39 is 0 Å². The third-order valence-electron chi connectivity index (χ3n) is 4.35. The molecule has 2 aromatic rings. The highest BCUT2D eigenvalue weighted by molar-refractivity contribution is 5.71. The zero-order valence-electron chi connectivity index (χ0n) is 14.1. The van der Waals surface area contributed by atoms with Crippen LogP contribution >= 0.6 is 0 Å². The Balaban J connectivity index is 1.89. The zero-order chi connectivity index (χ0) is 16.9. The van der Waals surface area contributed by atoms with Crippen LogP contribution in [-0.2, 0) is 7.05 Å². The first kappa shape index (κ1) is 16.5. The van der Waals surface area contributed by atoms with Crippen molar-refractivity contribution in [3.8, 4) is 22.8 Å². The molecule has 0 unspecified atom stereocenters. The first-order valence-corrected chi connectivity index (χ1v) is 8.24. The molecule has 1 aliphatic rings. The number of benzene rings is 1. The van der Waals surface area contributed by atoms with Gasteiger partial charge in [-0.2, -0.15) is 5.10 Å². The molecule has 1 aromatic heterocycles. The van der Waals surface area contributed by atoms with E-state index in [-0.39, 0.29) is 5.56 Å². The molecule has 0 amide bonds. The minimum Gasteiger partial charge on any atom is -0.494 e. The maximum absolute atomic E-state index is 11.8. The van der Waals surface area contributed by atoms with Gasteiger partial charge in [-0.15, -0.1) is 0 Å². The second-order valence-electron chi connectivity index (χ2n) is 6.02. The van der Waals surface area contributed by atoms with Crippen molar-refractivity contribution < 1.29 is 9.47 Å². The summed E-state index contributed by atoms with van der Waals surface area (Å²) in [4.78, 5) is 11.8. The van der Waals surface area contributed by atoms with Crippen LogP contribution in [0.1, 0.15) is 12.8 Å². The predicted molar refractivity (Wildman–Crippen MR) is 92.6 cm³/mol. The Morgan fingerprint density at radius 3 is 2.75 bits per heavy atom. The number of para-hydroxylation sites is 1. The highest BCUT2D eigenvalue weighted by Crippen LogP contribution is 2.34. The average Bonchev–Trinajstić information content (AvgIpc) is 2.63. The fourth-order valence-electron chi connectivity index (χ4n) is 2.91. The quantitative estimate of drug-likeness (QED) is 0.907. The van der Waals surface area contributed by atoms with Crippen molar-refractivity contribution in [2.24, 2.45) is 13.0 Å². The Morgan fingerprint density at radius 2 is 2.00 bits per heavy atom. The van der Waals surface area contributed by atoms with Crippen LogP contribution in [0.5, 0.6) is 11.5 Å². The van der Waals surface area contributed by atoms with E-state index in [1.807, 2.05) is 24.3 Å². The lowest BCUT2D eigenvalue weighted by Gasteiger charge is -2.23. The Hall–Kier alpha value is -2.34. The van der Waals surface area contributed by atoms with Crippen LogP contribution < -0.4 is 20.3 Å². The van der Waals surface area contributed by atoms with E-state index in [9.17, 15) is 4.79 Å². The molecule has 0 radical (unpaired) electrons. The van der Waals surface area contributed by atoms with Crippen molar-refractivity contribution >= 4 is 0 Å². The Kier molecular flexibility index (Phi) is 5.15. The SMILES string of the molecule is COc1cc(=O)n(C)nc1-c1ccccc1OCC1CCNCC1. The summed E-state index contributed by atoms with van der Waals surface area (Å²) >= 11 is 0. The molecule has 0 spiro atoms. The van der Waals surface area contributed by atoms with Crippen LogP contribution in [0.25, 0.3) is 11.3 Å². The summed E-state index contributed by atoms with van der Waals surface area (Å²) in [5.41, 5.74) is 1.24. The van der Waals surface area contributed by atoms with E-state index in [4.69, 9.17) is 9.47 Å². The number of methoxy groups -OCH3 is 1. The van der Waals surface area contributed by atoms with Gasteiger partial charge >= 0.3 is 0 Å². The topological polar surface area (TPSA) is 65.4 Å². The van der Waals surface area contributed by atoms with Crippen molar-refractivity contribution in [1.82, 2.24) is 15.1 Å². The minimum atomic E-state index is -0.205. The monoisotopic (exact) mass is 329 g/mol. The van der Waals surface area contributed by atoms with Crippen molar-refractivity contribution in [3.05, 3.63) is 40.7 Å². The molecule has 1 aliphatic heterocycles. The minimum absolute atomic E-state index is 0.205. The van der Waals surface area contributed by atoms with Gasteiger partial charge in [-0.3, -0.25) is 4.79 Å². The molecule has 0 atom stereocenters. The maximum Gasteiger partial charge on any atom is 0.270 e. The molecular formula is C18H23N3O3. The van der Waals surface area contributed by atoms with Crippen LogP contribution in [0, 0.1) is 5.92 Å². The second-order valence-corrected chi connectivity index (χ2v) is 6.02. The van der Waals surface area contributed by atoms with Crippen LogP contribution in [0.15, 0.2) is 35.1 Å². The van der Waals surface area contributed by atoms with Crippen LogP contribution in [0.4, 0.5) is 0 Å². The van der Waals surface area contributed by atoms with Gasteiger partial charge in [-0.25, -0.2) is 4.68 Å². The molecule has 1 fully saturated rings. The first-order chi connectivity index (χ1) is 11.7. The molecule has 0 bridgehead atoms. The third-order valence-corrected chi connectivity index (χ3v) is 4.35. The normalized spacial score (nSPS) is 15.2. The molecule has 6 nitrogen and oxygen atoms in total. The van der Waals surface area contributed by atoms with Crippen molar-refractivity contribution in [2.45, 2.75) is 12.8 Å². The van der Waals surface area contributed by atoms with Gasteiger partial charge in [0.2, 0.25) is 0 Å². The molecule has 1 aromatic carbocycles. The highest BCUT2D eigenvalue weighted by atomic mass is 16.5. The van der Waals surface area contributed by atoms with Gasteiger partial charge in [0.1, 0.15) is 11.4 Å². The smallest absolute Gasteiger partial charge is 0.270 e. The molecule has 1 N–H and O–H groups in total. The summed E-state index contributed by atoms with van der Waals surface area (Å²) in [7, 11) is 3.17. The predicted octanol–water partition coefficient (Wildman–Crippen LogP) is 1.83. The molecule has 6 heteroatoms. The molecule has 0 aliphatic carbocycles. The number of piperidine rings is 1. The first-order valence-electron chi connectivity index (χ1n) is 8.24. The Labute approximate surface area is 141 Å². The summed E-state index contributed by atoms with van der Waals surface area (Å²) in [6.07, 6.45) is 2.26. The van der Waals surface area contributed by atoms with Gasteiger partial charge in [-0.1, -0.05) is 12.1 Å². The number of hydrogen-bond donors (Lipinski definition) is 1. The lowest BCUT2D eigenvalue weighted by molar-refractivity contribution is 0.216. The van der Waals surface area contributed by atoms with Gasteiger partial charge in [0.15, 0.2) is 5.75 Å². The molecular weight excluding hydrogens is 306 g/mol. The van der Waals surface area contributed by atoms with Gasteiger partial charge in [0.05, 0.1) is 13.7 Å². The van der Waals surface area contributed by atoms with Gasteiger partial charge in [0, 0.05) is 18.7 Å².